The number of hydrogen-bond acceptors (Lipinski definition) is 5. The lowest BCUT2D eigenvalue weighted by molar-refractivity contribution is -0.133. The van der Waals surface area contributed by atoms with Crippen LogP contribution < -0.4 is 5.32 Å². The number of rotatable bonds is 6. The maximum Gasteiger partial charge on any atom is 0.0961 e. The van der Waals surface area contributed by atoms with Crippen LogP contribution in [0.1, 0.15) is 56.6 Å². The fraction of sp³-hybridized carbons (Fsp3) is 0.700. The van der Waals surface area contributed by atoms with Crippen LogP contribution in [0.25, 0.3) is 0 Å². The predicted octanol–water partition coefficient (Wildman–Crippen LogP) is 1.91. The van der Waals surface area contributed by atoms with Crippen molar-refractivity contribution in [2.45, 2.75) is 68.3 Å². The van der Waals surface area contributed by atoms with Gasteiger partial charge in [-0.25, -0.2) is 0 Å². The van der Waals surface area contributed by atoms with Crippen LogP contribution >= 0.6 is 0 Å². The van der Waals surface area contributed by atoms with Crippen LogP contribution in [0, 0.1) is 0 Å². The van der Waals surface area contributed by atoms with Crippen molar-refractivity contribution in [3.63, 3.8) is 0 Å². The van der Waals surface area contributed by atoms with E-state index < -0.39 is 17.3 Å². The Morgan fingerprint density at radius 2 is 1.56 bits per heavy atom. The molecule has 1 heterocycles. The highest BCUT2D eigenvalue weighted by molar-refractivity contribution is 5.22. The summed E-state index contributed by atoms with van der Waals surface area (Å²) in [5, 5.41) is 35.8. The van der Waals surface area contributed by atoms with E-state index in [1.54, 1.807) is 0 Å². The summed E-state index contributed by atoms with van der Waals surface area (Å²) in [7, 11) is 0. The second-order valence-corrected chi connectivity index (χ2v) is 7.65. The molecule has 1 aromatic carbocycles. The van der Waals surface area contributed by atoms with Gasteiger partial charge in [-0.05, 0) is 18.4 Å². The lowest BCUT2D eigenvalue weighted by Gasteiger charge is -2.42. The van der Waals surface area contributed by atoms with Gasteiger partial charge in [-0.15, -0.1) is 0 Å². The first kappa shape index (κ1) is 18.8. The molecular formula is C20H31NO4. The number of benzene rings is 1. The van der Waals surface area contributed by atoms with Crippen LogP contribution in [-0.2, 0) is 4.74 Å². The summed E-state index contributed by atoms with van der Waals surface area (Å²) in [6.45, 7) is 1.19. The molecule has 4 N–H and O–H groups in total. The standard InChI is InChI=1S/C20H31NO4/c22-17(19(23)11-13-25-14-12-19)15-21-18(16-7-3-1-4-8-16)20(24)9-5-2-6-10-20/h1,3-4,7-8,17-18,21-24H,2,5-6,9-15H2. The quantitative estimate of drug-likeness (QED) is 0.631. The molecule has 3 rings (SSSR count). The van der Waals surface area contributed by atoms with Gasteiger partial charge in [-0.1, -0.05) is 49.6 Å². The molecular weight excluding hydrogens is 318 g/mol. The van der Waals surface area contributed by atoms with Crippen LogP contribution in [0.3, 0.4) is 0 Å². The highest BCUT2D eigenvalue weighted by Gasteiger charge is 2.41. The summed E-state index contributed by atoms with van der Waals surface area (Å²) in [6, 6.07) is 9.69. The van der Waals surface area contributed by atoms with Gasteiger partial charge in [0, 0.05) is 32.6 Å². The zero-order valence-corrected chi connectivity index (χ0v) is 14.9. The minimum absolute atomic E-state index is 0.243. The third-order valence-corrected chi connectivity index (χ3v) is 5.88. The molecule has 1 saturated carbocycles. The Labute approximate surface area is 150 Å². The average Bonchev–Trinajstić information content (AvgIpc) is 2.63. The van der Waals surface area contributed by atoms with Crippen molar-refractivity contribution in [2.75, 3.05) is 19.8 Å². The van der Waals surface area contributed by atoms with Crippen LogP contribution in [0.15, 0.2) is 30.3 Å². The normalized spacial score (nSPS) is 25.2. The largest absolute Gasteiger partial charge is 0.389 e. The third kappa shape index (κ3) is 4.41. The van der Waals surface area contributed by atoms with E-state index in [1.165, 1.54) is 0 Å². The second-order valence-electron chi connectivity index (χ2n) is 7.65. The molecule has 0 amide bonds. The van der Waals surface area contributed by atoms with Gasteiger partial charge in [0.2, 0.25) is 0 Å². The van der Waals surface area contributed by atoms with Crippen molar-refractivity contribution < 1.29 is 20.1 Å². The molecule has 0 radical (unpaired) electrons. The molecule has 2 atom stereocenters. The van der Waals surface area contributed by atoms with Gasteiger partial charge in [0.1, 0.15) is 0 Å². The number of hydrogen-bond donors (Lipinski definition) is 4. The number of nitrogens with one attached hydrogen (secondary N) is 1. The summed E-state index contributed by atoms with van der Waals surface area (Å²) in [6.07, 6.45) is 4.71. The van der Waals surface area contributed by atoms with Crippen LogP contribution in [0.5, 0.6) is 0 Å². The molecule has 1 aliphatic carbocycles. The Balaban J connectivity index is 1.71. The number of aliphatic hydroxyl groups is 3. The zero-order chi connectivity index (χ0) is 17.8. The van der Waals surface area contributed by atoms with Crippen molar-refractivity contribution in [1.29, 1.82) is 0 Å². The van der Waals surface area contributed by atoms with Crippen molar-refractivity contribution >= 4 is 0 Å². The van der Waals surface area contributed by atoms with E-state index in [2.05, 4.69) is 5.32 Å². The molecule has 1 saturated heterocycles. The Bertz CT molecular complexity index is 524. The van der Waals surface area contributed by atoms with Gasteiger partial charge in [-0.2, -0.15) is 0 Å². The highest BCUT2D eigenvalue weighted by atomic mass is 16.5. The molecule has 0 aromatic heterocycles. The molecule has 140 valence electrons. The van der Waals surface area contributed by atoms with Crippen molar-refractivity contribution in [2.24, 2.45) is 0 Å². The molecule has 5 nitrogen and oxygen atoms in total. The van der Waals surface area contributed by atoms with Crippen molar-refractivity contribution in [3.05, 3.63) is 35.9 Å². The van der Waals surface area contributed by atoms with Crippen LogP contribution in [-0.4, -0.2) is 52.4 Å². The average molecular weight is 349 g/mol. The summed E-state index contributed by atoms with van der Waals surface area (Å²) in [5.41, 5.74) is -0.891. The lowest BCUT2D eigenvalue weighted by Crippen LogP contribution is -2.54. The maximum atomic E-state index is 11.2. The maximum absolute atomic E-state index is 11.2. The zero-order valence-electron chi connectivity index (χ0n) is 14.9. The van der Waals surface area contributed by atoms with E-state index in [0.717, 1.165) is 37.7 Å². The molecule has 1 aromatic rings. The van der Waals surface area contributed by atoms with E-state index in [-0.39, 0.29) is 12.6 Å². The highest BCUT2D eigenvalue weighted by Crippen LogP contribution is 2.38. The minimum Gasteiger partial charge on any atom is -0.389 e. The minimum atomic E-state index is -1.11. The lowest BCUT2D eigenvalue weighted by atomic mass is 9.76. The Kier molecular flexibility index (Phi) is 6.12. The molecule has 2 unspecified atom stereocenters. The molecule has 5 heteroatoms. The Morgan fingerprint density at radius 1 is 0.920 bits per heavy atom. The fourth-order valence-corrected chi connectivity index (χ4v) is 4.19. The molecule has 0 spiro atoms. The van der Waals surface area contributed by atoms with Gasteiger partial charge in [0.05, 0.1) is 23.3 Å². The van der Waals surface area contributed by atoms with Crippen molar-refractivity contribution in [1.82, 2.24) is 5.32 Å². The monoisotopic (exact) mass is 349 g/mol. The second kappa shape index (κ2) is 8.14. The molecule has 1 aliphatic heterocycles. The summed E-state index contributed by atoms with van der Waals surface area (Å²) in [4.78, 5) is 0. The first-order valence-electron chi connectivity index (χ1n) is 9.52. The molecule has 2 fully saturated rings. The smallest absolute Gasteiger partial charge is 0.0961 e. The SMILES string of the molecule is OC(CNC(c1ccccc1)C1(O)CCCCC1)C1(O)CCOCC1. The predicted molar refractivity (Wildman–Crippen MR) is 96.2 cm³/mol. The van der Waals surface area contributed by atoms with E-state index in [0.29, 0.717) is 26.1 Å². The number of ether oxygens (including phenoxy) is 1. The summed E-state index contributed by atoms with van der Waals surface area (Å²) >= 11 is 0. The van der Waals surface area contributed by atoms with E-state index in [1.807, 2.05) is 30.3 Å². The molecule has 0 bridgehead atoms. The first-order chi connectivity index (χ1) is 12.0. The van der Waals surface area contributed by atoms with E-state index in [4.69, 9.17) is 4.74 Å². The van der Waals surface area contributed by atoms with Gasteiger partial charge < -0.3 is 25.4 Å². The summed E-state index contributed by atoms with van der Waals surface area (Å²) < 4.78 is 5.29. The van der Waals surface area contributed by atoms with Gasteiger partial charge in [-0.3, -0.25) is 0 Å². The number of aliphatic hydroxyl groups excluding tert-OH is 1. The van der Waals surface area contributed by atoms with E-state index >= 15 is 0 Å². The molecule has 25 heavy (non-hydrogen) atoms. The van der Waals surface area contributed by atoms with Gasteiger partial charge in [0.15, 0.2) is 0 Å². The van der Waals surface area contributed by atoms with Crippen LogP contribution in [0.2, 0.25) is 0 Å². The van der Waals surface area contributed by atoms with E-state index in [9.17, 15) is 15.3 Å². The van der Waals surface area contributed by atoms with Crippen molar-refractivity contribution in [3.8, 4) is 0 Å². The Hall–Kier alpha value is -0.980. The fourth-order valence-electron chi connectivity index (χ4n) is 4.19. The summed E-state index contributed by atoms with van der Waals surface area (Å²) in [5.74, 6) is 0. The molecule has 2 aliphatic rings. The van der Waals surface area contributed by atoms with Gasteiger partial charge >= 0.3 is 0 Å². The van der Waals surface area contributed by atoms with Gasteiger partial charge in [0.25, 0.3) is 0 Å². The topological polar surface area (TPSA) is 82.0 Å². The Morgan fingerprint density at radius 3 is 2.20 bits per heavy atom. The van der Waals surface area contributed by atoms with Crippen LogP contribution in [0.4, 0.5) is 0 Å². The first-order valence-corrected chi connectivity index (χ1v) is 9.52. The third-order valence-electron chi connectivity index (χ3n) is 5.88.